The molecule has 0 atom stereocenters. The Morgan fingerprint density at radius 3 is 2.74 bits per heavy atom. The average Bonchev–Trinajstić information content (AvgIpc) is 2.32. The summed E-state index contributed by atoms with van der Waals surface area (Å²) in [5.41, 5.74) is 5.06. The number of aromatic amines is 2. The molecule has 0 aliphatic carbocycles. The van der Waals surface area contributed by atoms with Crippen LogP contribution >= 0.6 is 24.4 Å². The van der Waals surface area contributed by atoms with Gasteiger partial charge in [0.25, 0.3) is 5.56 Å². The summed E-state index contributed by atoms with van der Waals surface area (Å²) in [7, 11) is 0. The van der Waals surface area contributed by atoms with Gasteiger partial charge in [-0.1, -0.05) is 6.92 Å². The van der Waals surface area contributed by atoms with Gasteiger partial charge in [-0.25, -0.2) is 0 Å². The molecule has 0 fully saturated rings. The molecule has 1 aromatic heterocycles. The SMILES string of the molecule is CCCNC(=S)NNC(=O)Cc1cc(=O)[nH]c(=S)[nH]1. The van der Waals surface area contributed by atoms with Gasteiger partial charge >= 0.3 is 0 Å². The number of carbonyl (C=O) groups is 1. The van der Waals surface area contributed by atoms with Crippen molar-refractivity contribution in [3.8, 4) is 0 Å². The number of rotatable bonds is 4. The van der Waals surface area contributed by atoms with Gasteiger partial charge in [0.2, 0.25) is 5.91 Å². The van der Waals surface area contributed by atoms with Gasteiger partial charge in [-0.3, -0.25) is 25.4 Å². The van der Waals surface area contributed by atoms with Crippen molar-refractivity contribution in [1.82, 2.24) is 26.1 Å². The highest BCUT2D eigenvalue weighted by atomic mass is 32.1. The molecule has 7 nitrogen and oxygen atoms in total. The average molecular weight is 301 g/mol. The summed E-state index contributed by atoms with van der Waals surface area (Å²) >= 11 is 9.73. The zero-order chi connectivity index (χ0) is 14.3. The third-order valence-electron chi connectivity index (χ3n) is 2.02. The fourth-order valence-electron chi connectivity index (χ4n) is 1.24. The predicted octanol–water partition coefficient (Wildman–Crippen LogP) is -0.120. The molecule has 1 amide bonds. The highest BCUT2D eigenvalue weighted by Crippen LogP contribution is 1.90. The van der Waals surface area contributed by atoms with Crippen LogP contribution in [0, 0.1) is 4.77 Å². The van der Waals surface area contributed by atoms with E-state index in [1.807, 2.05) is 6.92 Å². The minimum absolute atomic E-state index is 0.00302. The number of aromatic nitrogens is 2. The third kappa shape index (κ3) is 6.11. The lowest BCUT2D eigenvalue weighted by Crippen LogP contribution is -2.47. The second-order valence-electron chi connectivity index (χ2n) is 3.72. The first kappa shape index (κ1) is 15.3. The fraction of sp³-hybridized carbons (Fsp3) is 0.400. The summed E-state index contributed by atoms with van der Waals surface area (Å²) < 4.78 is 0.184. The van der Waals surface area contributed by atoms with E-state index in [-0.39, 0.29) is 22.7 Å². The fourth-order valence-corrected chi connectivity index (χ4v) is 1.63. The molecule has 0 radical (unpaired) electrons. The van der Waals surface area contributed by atoms with Crippen LogP contribution in [0.1, 0.15) is 19.0 Å². The number of H-pyrrole nitrogens is 2. The van der Waals surface area contributed by atoms with E-state index in [4.69, 9.17) is 24.4 Å². The first-order valence-electron chi connectivity index (χ1n) is 5.66. The largest absolute Gasteiger partial charge is 0.361 e. The van der Waals surface area contributed by atoms with Crippen LogP contribution in [-0.4, -0.2) is 27.5 Å². The minimum atomic E-state index is -0.348. The first-order valence-corrected chi connectivity index (χ1v) is 6.48. The summed E-state index contributed by atoms with van der Waals surface area (Å²) in [5.74, 6) is -0.336. The maximum atomic E-state index is 11.6. The first-order chi connectivity index (χ1) is 9.01. The summed E-state index contributed by atoms with van der Waals surface area (Å²) in [6, 6.07) is 1.28. The lowest BCUT2D eigenvalue weighted by Gasteiger charge is -2.10. The Labute approximate surface area is 120 Å². The van der Waals surface area contributed by atoms with Gasteiger partial charge in [0, 0.05) is 18.3 Å². The minimum Gasteiger partial charge on any atom is -0.361 e. The summed E-state index contributed by atoms with van der Waals surface area (Å²) in [6.07, 6.45) is 0.927. The van der Waals surface area contributed by atoms with Crippen molar-refractivity contribution in [2.75, 3.05) is 6.54 Å². The van der Waals surface area contributed by atoms with Crippen LogP contribution in [0.15, 0.2) is 10.9 Å². The van der Waals surface area contributed by atoms with E-state index in [2.05, 4.69) is 26.1 Å². The van der Waals surface area contributed by atoms with Crippen LogP contribution in [0.3, 0.4) is 0 Å². The van der Waals surface area contributed by atoms with Crippen LogP contribution in [0.5, 0.6) is 0 Å². The second-order valence-corrected chi connectivity index (χ2v) is 4.54. The van der Waals surface area contributed by atoms with Gasteiger partial charge < -0.3 is 10.3 Å². The van der Waals surface area contributed by atoms with Gasteiger partial charge in [-0.15, -0.1) is 0 Å². The molecule has 104 valence electrons. The zero-order valence-corrected chi connectivity index (χ0v) is 12.0. The van der Waals surface area contributed by atoms with Crippen LogP contribution in [-0.2, 0) is 11.2 Å². The maximum Gasteiger partial charge on any atom is 0.251 e. The molecule has 0 saturated carbocycles. The molecular weight excluding hydrogens is 286 g/mol. The number of hydrogen-bond acceptors (Lipinski definition) is 4. The molecule has 0 aromatic carbocycles. The van der Waals surface area contributed by atoms with Gasteiger partial charge in [-0.05, 0) is 30.9 Å². The number of carbonyl (C=O) groups excluding carboxylic acids is 1. The van der Waals surface area contributed by atoms with Crippen LogP contribution in [0.25, 0.3) is 0 Å². The number of thiocarbonyl (C=S) groups is 1. The number of hydrogen-bond donors (Lipinski definition) is 5. The molecule has 9 heteroatoms. The molecule has 0 unspecified atom stereocenters. The van der Waals surface area contributed by atoms with E-state index < -0.39 is 0 Å². The molecule has 0 saturated heterocycles. The Hall–Kier alpha value is -1.74. The van der Waals surface area contributed by atoms with Crippen molar-refractivity contribution in [2.45, 2.75) is 19.8 Å². The van der Waals surface area contributed by atoms with Crippen molar-refractivity contribution >= 4 is 35.5 Å². The van der Waals surface area contributed by atoms with Crippen molar-refractivity contribution in [3.63, 3.8) is 0 Å². The zero-order valence-electron chi connectivity index (χ0n) is 10.3. The molecule has 0 aliphatic rings. The second kappa shape index (κ2) is 7.64. The number of nitrogens with one attached hydrogen (secondary N) is 5. The van der Waals surface area contributed by atoms with Gasteiger partial charge in [0.15, 0.2) is 9.88 Å². The molecule has 0 aliphatic heterocycles. The Morgan fingerprint density at radius 1 is 1.37 bits per heavy atom. The molecule has 1 rings (SSSR count). The van der Waals surface area contributed by atoms with E-state index in [0.29, 0.717) is 10.8 Å². The maximum absolute atomic E-state index is 11.6. The van der Waals surface area contributed by atoms with Crippen molar-refractivity contribution < 1.29 is 4.79 Å². The van der Waals surface area contributed by atoms with Crippen molar-refractivity contribution in [1.29, 1.82) is 0 Å². The Kier molecular flexibility index (Phi) is 6.16. The topological polar surface area (TPSA) is 102 Å². The van der Waals surface area contributed by atoms with E-state index in [1.54, 1.807) is 0 Å². The Morgan fingerprint density at radius 2 is 2.11 bits per heavy atom. The Balaban J connectivity index is 2.45. The monoisotopic (exact) mass is 301 g/mol. The van der Waals surface area contributed by atoms with Crippen LogP contribution in [0.4, 0.5) is 0 Å². The summed E-state index contributed by atoms with van der Waals surface area (Å²) in [4.78, 5) is 27.8. The van der Waals surface area contributed by atoms with Crippen molar-refractivity contribution in [3.05, 3.63) is 26.9 Å². The van der Waals surface area contributed by atoms with E-state index in [9.17, 15) is 9.59 Å². The molecule has 5 N–H and O–H groups in total. The summed E-state index contributed by atoms with van der Waals surface area (Å²) in [6.45, 7) is 2.73. The quantitative estimate of drug-likeness (QED) is 0.393. The van der Waals surface area contributed by atoms with Crippen molar-refractivity contribution in [2.24, 2.45) is 0 Å². The molecular formula is C10H15N5O2S2. The lowest BCUT2D eigenvalue weighted by molar-refractivity contribution is -0.121. The van der Waals surface area contributed by atoms with Gasteiger partial charge in [0.05, 0.1) is 6.42 Å². The molecule has 0 spiro atoms. The van der Waals surface area contributed by atoms with Crippen LogP contribution < -0.4 is 21.7 Å². The van der Waals surface area contributed by atoms with Gasteiger partial charge in [-0.2, -0.15) is 0 Å². The van der Waals surface area contributed by atoms with Gasteiger partial charge in [0.1, 0.15) is 0 Å². The molecule has 1 aromatic rings. The third-order valence-corrected chi connectivity index (χ3v) is 2.47. The highest BCUT2D eigenvalue weighted by molar-refractivity contribution is 7.80. The van der Waals surface area contributed by atoms with Crippen LogP contribution in [0.2, 0.25) is 0 Å². The highest BCUT2D eigenvalue weighted by Gasteiger charge is 2.05. The standard InChI is InChI=1S/C10H15N5O2S2/c1-2-3-11-9(18)15-14-8(17)5-6-4-7(16)13-10(19)12-6/h4H,2-3,5H2,1H3,(H,14,17)(H2,11,15,18)(H2,12,13,16,19). The lowest BCUT2D eigenvalue weighted by atomic mass is 10.3. The normalized spacial score (nSPS) is 9.74. The Bertz CT molecular complexity index is 537. The molecule has 1 heterocycles. The van der Waals surface area contributed by atoms with E-state index >= 15 is 0 Å². The smallest absolute Gasteiger partial charge is 0.251 e. The molecule has 19 heavy (non-hydrogen) atoms. The number of hydrazine groups is 1. The summed E-state index contributed by atoms with van der Waals surface area (Å²) in [5, 5.41) is 3.24. The number of amides is 1. The van der Waals surface area contributed by atoms with E-state index in [1.165, 1.54) is 6.07 Å². The molecule has 0 bridgehead atoms. The van der Waals surface area contributed by atoms with E-state index in [0.717, 1.165) is 13.0 Å². The predicted molar refractivity (Wildman–Crippen MR) is 78.1 cm³/mol.